The summed E-state index contributed by atoms with van der Waals surface area (Å²) in [6.07, 6.45) is 0. The van der Waals surface area contributed by atoms with Crippen LogP contribution in [0.25, 0.3) is 0 Å². The van der Waals surface area contributed by atoms with E-state index in [0.29, 0.717) is 19.0 Å². The molecule has 0 radical (unpaired) electrons. The third-order valence-corrected chi connectivity index (χ3v) is 2.36. The topological polar surface area (TPSA) is 55.8 Å². The van der Waals surface area contributed by atoms with Crippen LogP contribution in [0.5, 0.6) is 0 Å². The van der Waals surface area contributed by atoms with Crippen molar-refractivity contribution < 1.29 is 19.1 Å². The molecule has 1 rings (SSSR count). The van der Waals surface area contributed by atoms with Crippen molar-refractivity contribution in [3.63, 3.8) is 0 Å². The lowest BCUT2D eigenvalue weighted by atomic mass is 10.2. The smallest absolute Gasteiger partial charge is 0.347 e. The number of carbonyl (C=O) groups is 2. The van der Waals surface area contributed by atoms with Crippen LogP contribution < -0.4 is 0 Å². The maximum atomic E-state index is 11.6. The molecule has 0 amide bonds. The second kappa shape index (κ2) is 5.53. The summed E-state index contributed by atoms with van der Waals surface area (Å²) in [5, 5.41) is 0. The van der Waals surface area contributed by atoms with E-state index in [4.69, 9.17) is 9.47 Å². The quantitative estimate of drug-likeness (QED) is 0.511. The molecule has 0 aliphatic carbocycles. The van der Waals surface area contributed by atoms with Crippen LogP contribution in [0, 0.1) is 0 Å². The number of carbonyl (C=O) groups excluding carboxylic acids is 2. The molecule has 1 aliphatic rings. The number of hydrogen-bond acceptors (Lipinski definition) is 5. The maximum absolute atomic E-state index is 11.6. The normalized spacial score (nSPS) is 15.1. The van der Waals surface area contributed by atoms with Crippen LogP contribution in [0.2, 0.25) is 0 Å². The van der Waals surface area contributed by atoms with Gasteiger partial charge in [0.2, 0.25) is 11.7 Å². The van der Waals surface area contributed by atoms with Gasteiger partial charge in [0.05, 0.1) is 6.61 Å². The van der Waals surface area contributed by atoms with Gasteiger partial charge >= 0.3 is 5.97 Å². The lowest BCUT2D eigenvalue weighted by molar-refractivity contribution is -0.139. The Morgan fingerprint density at radius 3 is 2.50 bits per heavy atom. The molecule has 0 aromatic rings. The third kappa shape index (κ3) is 2.35. The highest BCUT2D eigenvalue weighted by atomic mass is 16.5. The minimum atomic E-state index is -0.591. The van der Waals surface area contributed by atoms with Gasteiger partial charge in [-0.1, -0.05) is 0 Å². The number of rotatable bonds is 5. The molecule has 0 N–H and O–H groups in total. The molecule has 5 heteroatoms. The molecule has 0 spiro atoms. The molecule has 0 saturated heterocycles. The fourth-order valence-electron chi connectivity index (χ4n) is 1.56. The number of esters is 1. The molecule has 0 saturated carbocycles. The monoisotopic (exact) mass is 227 g/mol. The standard InChI is InChI=1S/C11H17NO4/c1-4-12(5-2)10-9(8(13)7-16-10)11(14)15-6-3/h4-7H2,1-3H3. The van der Waals surface area contributed by atoms with Gasteiger partial charge < -0.3 is 14.4 Å². The van der Waals surface area contributed by atoms with Crippen LogP contribution in [0.1, 0.15) is 20.8 Å². The molecule has 90 valence electrons. The summed E-state index contributed by atoms with van der Waals surface area (Å²) in [4.78, 5) is 25.0. The molecule has 0 fully saturated rings. The average molecular weight is 227 g/mol. The van der Waals surface area contributed by atoms with Crippen molar-refractivity contribution in [2.45, 2.75) is 20.8 Å². The van der Waals surface area contributed by atoms with Crippen molar-refractivity contribution in [3.8, 4) is 0 Å². The van der Waals surface area contributed by atoms with Gasteiger partial charge in [0.15, 0.2) is 12.2 Å². The molecule has 0 unspecified atom stereocenters. The van der Waals surface area contributed by atoms with Gasteiger partial charge in [0.25, 0.3) is 0 Å². The Morgan fingerprint density at radius 1 is 1.38 bits per heavy atom. The molecular weight excluding hydrogens is 210 g/mol. The van der Waals surface area contributed by atoms with Crippen molar-refractivity contribution in [1.82, 2.24) is 4.90 Å². The van der Waals surface area contributed by atoms with Crippen LogP contribution >= 0.6 is 0 Å². The third-order valence-electron chi connectivity index (χ3n) is 2.36. The molecule has 0 bridgehead atoms. The van der Waals surface area contributed by atoms with Gasteiger partial charge in [-0.15, -0.1) is 0 Å². The average Bonchev–Trinajstić information content (AvgIpc) is 2.63. The first-order valence-corrected chi connectivity index (χ1v) is 5.47. The van der Waals surface area contributed by atoms with E-state index in [0.717, 1.165) is 0 Å². The zero-order chi connectivity index (χ0) is 12.1. The molecule has 0 atom stereocenters. The highest BCUT2D eigenvalue weighted by molar-refractivity contribution is 6.19. The number of Topliss-reactive ketones (excluding diaryl/α,β-unsaturated/α-hetero) is 1. The van der Waals surface area contributed by atoms with Gasteiger partial charge in [-0.2, -0.15) is 0 Å². The lowest BCUT2D eigenvalue weighted by Crippen LogP contribution is -2.25. The van der Waals surface area contributed by atoms with Crippen molar-refractivity contribution in [3.05, 3.63) is 11.5 Å². The summed E-state index contributed by atoms with van der Waals surface area (Å²) < 4.78 is 10.1. The Kier molecular flexibility index (Phi) is 4.34. The Balaban J connectivity index is 2.99. The fraction of sp³-hybridized carbons (Fsp3) is 0.636. The van der Waals surface area contributed by atoms with Crippen molar-refractivity contribution >= 4 is 11.8 Å². The van der Waals surface area contributed by atoms with E-state index in [2.05, 4.69) is 0 Å². The van der Waals surface area contributed by atoms with Gasteiger partial charge in [-0.05, 0) is 20.8 Å². The predicted molar refractivity (Wildman–Crippen MR) is 57.5 cm³/mol. The Hall–Kier alpha value is -1.52. The molecular formula is C11H17NO4. The minimum Gasteiger partial charge on any atom is -0.470 e. The van der Waals surface area contributed by atoms with Crippen LogP contribution in [0.15, 0.2) is 11.5 Å². The van der Waals surface area contributed by atoms with E-state index in [1.807, 2.05) is 18.7 Å². The summed E-state index contributed by atoms with van der Waals surface area (Å²) in [5.74, 6) is -0.541. The first kappa shape index (κ1) is 12.5. The van der Waals surface area contributed by atoms with Gasteiger partial charge in [0.1, 0.15) is 0 Å². The van der Waals surface area contributed by atoms with Gasteiger partial charge in [-0.25, -0.2) is 4.79 Å². The number of ether oxygens (including phenoxy) is 2. The predicted octanol–water partition coefficient (Wildman–Crippen LogP) is 0.702. The van der Waals surface area contributed by atoms with Crippen LogP contribution in [0.4, 0.5) is 0 Å². The first-order chi connectivity index (χ1) is 7.65. The van der Waals surface area contributed by atoms with Crippen molar-refractivity contribution in [2.24, 2.45) is 0 Å². The zero-order valence-electron chi connectivity index (χ0n) is 9.91. The maximum Gasteiger partial charge on any atom is 0.347 e. The molecule has 0 aromatic heterocycles. The SMILES string of the molecule is CCOC(=O)C1=C(N(CC)CC)OCC1=O. The summed E-state index contributed by atoms with van der Waals surface area (Å²) >= 11 is 0. The molecule has 5 nitrogen and oxygen atoms in total. The van der Waals surface area contributed by atoms with Crippen molar-refractivity contribution in [1.29, 1.82) is 0 Å². The molecule has 1 aliphatic heterocycles. The Morgan fingerprint density at radius 2 is 2.00 bits per heavy atom. The second-order valence-electron chi connectivity index (χ2n) is 3.28. The van der Waals surface area contributed by atoms with E-state index in [1.165, 1.54) is 0 Å². The lowest BCUT2D eigenvalue weighted by Gasteiger charge is -2.21. The van der Waals surface area contributed by atoms with E-state index < -0.39 is 5.97 Å². The summed E-state index contributed by atoms with van der Waals surface area (Å²) in [7, 11) is 0. The molecule has 16 heavy (non-hydrogen) atoms. The van der Waals surface area contributed by atoms with Crippen LogP contribution in [-0.4, -0.2) is 43.0 Å². The fourth-order valence-corrected chi connectivity index (χ4v) is 1.56. The minimum absolute atomic E-state index is 0.0468. The van der Waals surface area contributed by atoms with Crippen molar-refractivity contribution in [2.75, 3.05) is 26.3 Å². The number of hydrogen-bond donors (Lipinski definition) is 0. The zero-order valence-corrected chi connectivity index (χ0v) is 9.91. The van der Waals surface area contributed by atoms with Gasteiger partial charge in [0, 0.05) is 13.1 Å². The molecule has 0 aromatic carbocycles. The van der Waals surface area contributed by atoms with E-state index in [-0.39, 0.29) is 24.6 Å². The summed E-state index contributed by atoms with van der Waals surface area (Å²) in [5.41, 5.74) is 0.0468. The number of nitrogens with zero attached hydrogens (tertiary/aromatic N) is 1. The summed E-state index contributed by atoms with van der Waals surface area (Å²) in [6, 6.07) is 0. The first-order valence-electron chi connectivity index (χ1n) is 5.47. The Bertz CT molecular complexity index is 318. The Labute approximate surface area is 95.0 Å². The van der Waals surface area contributed by atoms with E-state index >= 15 is 0 Å². The van der Waals surface area contributed by atoms with Gasteiger partial charge in [-0.3, -0.25) is 4.79 Å². The summed E-state index contributed by atoms with van der Waals surface area (Å²) in [6.45, 7) is 7.12. The number of ketones is 1. The van der Waals surface area contributed by atoms with E-state index in [9.17, 15) is 9.59 Å². The second-order valence-corrected chi connectivity index (χ2v) is 3.28. The largest absolute Gasteiger partial charge is 0.470 e. The highest BCUT2D eigenvalue weighted by Gasteiger charge is 2.34. The molecule has 1 heterocycles. The van der Waals surface area contributed by atoms with Crippen LogP contribution in [-0.2, 0) is 19.1 Å². The van der Waals surface area contributed by atoms with Crippen LogP contribution in [0.3, 0.4) is 0 Å². The highest BCUT2D eigenvalue weighted by Crippen LogP contribution is 2.21. The van der Waals surface area contributed by atoms with E-state index in [1.54, 1.807) is 6.92 Å².